The van der Waals surface area contributed by atoms with Crippen LogP contribution in [0.15, 0.2) is 60.9 Å². The topological polar surface area (TPSA) is 58.1 Å². The summed E-state index contributed by atoms with van der Waals surface area (Å²) < 4.78 is 0. The van der Waals surface area contributed by atoms with E-state index < -0.39 is 0 Å². The molecule has 0 unspecified atom stereocenters. The van der Waals surface area contributed by atoms with Gasteiger partial charge < -0.3 is 10.2 Å². The van der Waals surface area contributed by atoms with E-state index >= 15 is 0 Å². The molecule has 0 bridgehead atoms. The highest BCUT2D eigenvalue weighted by atomic mass is 35.5. The highest BCUT2D eigenvalue weighted by Crippen LogP contribution is 2.23. The summed E-state index contributed by atoms with van der Waals surface area (Å²) in [5.41, 5.74) is 4.20. The van der Waals surface area contributed by atoms with Gasteiger partial charge in [0.2, 0.25) is 0 Å². The number of rotatable bonds is 5. The van der Waals surface area contributed by atoms with Crippen LogP contribution in [0, 0.1) is 0 Å². The molecule has 0 saturated carbocycles. The van der Waals surface area contributed by atoms with Crippen LogP contribution in [0.2, 0.25) is 5.02 Å². The van der Waals surface area contributed by atoms with Crippen molar-refractivity contribution >= 4 is 23.3 Å². The van der Waals surface area contributed by atoms with E-state index in [9.17, 15) is 4.79 Å². The SMILES string of the molecule is O=C(NCCc1ccc(Cl)cc1)c1cc(N2CCc3ccccc3C2)ncn1. The first-order chi connectivity index (χ1) is 13.7. The molecule has 2 aromatic carbocycles. The molecule has 0 spiro atoms. The van der Waals surface area contributed by atoms with Gasteiger partial charge in [0.05, 0.1) is 0 Å². The van der Waals surface area contributed by atoms with E-state index in [0.29, 0.717) is 17.3 Å². The molecule has 6 heteroatoms. The molecule has 5 nitrogen and oxygen atoms in total. The number of hydrogen-bond donors (Lipinski definition) is 1. The standard InChI is InChI=1S/C22H21ClN4O/c23-19-7-5-16(6-8-19)9-11-24-22(28)20-13-21(26-15-25-20)27-12-10-17-3-1-2-4-18(17)14-27/h1-8,13,15H,9-12,14H2,(H,24,28). The molecule has 28 heavy (non-hydrogen) atoms. The second-order valence-corrected chi connectivity index (χ2v) is 7.27. The van der Waals surface area contributed by atoms with Gasteiger partial charge in [0.25, 0.3) is 5.91 Å². The fourth-order valence-corrected chi connectivity index (χ4v) is 3.52. The number of aromatic nitrogens is 2. The Kier molecular flexibility index (Phi) is 5.53. The Morgan fingerprint density at radius 1 is 1.07 bits per heavy atom. The molecule has 1 aliphatic rings. The van der Waals surface area contributed by atoms with E-state index in [4.69, 9.17) is 11.6 Å². The highest BCUT2D eigenvalue weighted by Gasteiger charge is 2.18. The normalized spacial score (nSPS) is 13.1. The third-order valence-electron chi connectivity index (χ3n) is 4.95. The molecule has 4 rings (SSSR count). The van der Waals surface area contributed by atoms with Crippen LogP contribution in [0.5, 0.6) is 0 Å². The molecule has 1 aromatic heterocycles. The third-order valence-corrected chi connectivity index (χ3v) is 5.20. The van der Waals surface area contributed by atoms with Gasteiger partial charge >= 0.3 is 0 Å². The average Bonchev–Trinajstić information content (AvgIpc) is 2.75. The van der Waals surface area contributed by atoms with Gasteiger partial charge in [-0.3, -0.25) is 4.79 Å². The summed E-state index contributed by atoms with van der Waals surface area (Å²) in [6.45, 7) is 2.22. The fourth-order valence-electron chi connectivity index (χ4n) is 3.40. The van der Waals surface area contributed by atoms with E-state index in [0.717, 1.165) is 37.3 Å². The van der Waals surface area contributed by atoms with Crippen molar-refractivity contribution in [3.63, 3.8) is 0 Å². The van der Waals surface area contributed by atoms with Crippen LogP contribution in [-0.4, -0.2) is 29.0 Å². The van der Waals surface area contributed by atoms with Crippen molar-refractivity contribution in [2.75, 3.05) is 18.0 Å². The maximum absolute atomic E-state index is 12.5. The number of benzene rings is 2. The Morgan fingerprint density at radius 3 is 2.68 bits per heavy atom. The van der Waals surface area contributed by atoms with Crippen molar-refractivity contribution in [2.24, 2.45) is 0 Å². The molecule has 0 fully saturated rings. The summed E-state index contributed by atoms with van der Waals surface area (Å²) in [4.78, 5) is 23.2. The number of halogens is 1. The molecule has 1 N–H and O–H groups in total. The monoisotopic (exact) mass is 392 g/mol. The number of hydrogen-bond acceptors (Lipinski definition) is 4. The lowest BCUT2D eigenvalue weighted by Crippen LogP contribution is -2.32. The minimum Gasteiger partial charge on any atom is -0.352 e. The largest absolute Gasteiger partial charge is 0.352 e. The summed E-state index contributed by atoms with van der Waals surface area (Å²) in [6.07, 6.45) is 3.18. The quantitative estimate of drug-likeness (QED) is 0.719. The predicted molar refractivity (Wildman–Crippen MR) is 111 cm³/mol. The number of anilines is 1. The van der Waals surface area contributed by atoms with E-state index in [-0.39, 0.29) is 5.91 Å². The summed E-state index contributed by atoms with van der Waals surface area (Å²) in [7, 11) is 0. The number of amides is 1. The van der Waals surface area contributed by atoms with Gasteiger partial charge in [-0.2, -0.15) is 0 Å². The van der Waals surface area contributed by atoms with Crippen molar-refractivity contribution in [1.29, 1.82) is 0 Å². The van der Waals surface area contributed by atoms with Gasteiger partial charge in [-0.1, -0.05) is 48.0 Å². The van der Waals surface area contributed by atoms with Crippen LogP contribution >= 0.6 is 11.6 Å². The Hall–Kier alpha value is -2.92. The second kappa shape index (κ2) is 8.40. The van der Waals surface area contributed by atoms with E-state index in [2.05, 4.69) is 44.5 Å². The van der Waals surface area contributed by atoms with E-state index in [1.807, 2.05) is 24.3 Å². The Bertz CT molecular complexity index is 974. The van der Waals surface area contributed by atoms with Gasteiger partial charge in [-0.15, -0.1) is 0 Å². The van der Waals surface area contributed by atoms with Crippen LogP contribution in [0.4, 0.5) is 5.82 Å². The number of fused-ring (bicyclic) bond motifs is 1. The Morgan fingerprint density at radius 2 is 1.86 bits per heavy atom. The summed E-state index contributed by atoms with van der Waals surface area (Å²) >= 11 is 5.90. The molecule has 1 amide bonds. The summed E-state index contributed by atoms with van der Waals surface area (Å²) in [5, 5.41) is 3.64. The first-order valence-corrected chi connectivity index (χ1v) is 9.73. The number of nitrogens with zero attached hydrogens (tertiary/aromatic N) is 3. The molecule has 0 aliphatic carbocycles. The maximum atomic E-state index is 12.5. The lowest BCUT2D eigenvalue weighted by atomic mass is 10.00. The molecule has 3 aromatic rings. The zero-order valence-corrected chi connectivity index (χ0v) is 16.2. The second-order valence-electron chi connectivity index (χ2n) is 6.83. The van der Waals surface area contributed by atoms with Crippen LogP contribution in [0.1, 0.15) is 27.2 Å². The van der Waals surface area contributed by atoms with E-state index in [1.165, 1.54) is 17.5 Å². The highest BCUT2D eigenvalue weighted by molar-refractivity contribution is 6.30. The smallest absolute Gasteiger partial charge is 0.270 e. The zero-order valence-electron chi connectivity index (χ0n) is 15.4. The van der Waals surface area contributed by atoms with Crippen LogP contribution in [0.25, 0.3) is 0 Å². The third kappa shape index (κ3) is 4.31. The Labute approximate surface area is 169 Å². The first-order valence-electron chi connectivity index (χ1n) is 9.35. The molecule has 0 saturated heterocycles. The van der Waals surface area contributed by atoms with Crippen molar-refractivity contribution in [3.8, 4) is 0 Å². The van der Waals surface area contributed by atoms with Crippen LogP contribution in [0.3, 0.4) is 0 Å². The molecule has 1 aliphatic heterocycles. The summed E-state index contributed by atoms with van der Waals surface area (Å²) in [6, 6.07) is 17.9. The molecule has 2 heterocycles. The first kappa shape index (κ1) is 18.4. The van der Waals surface area contributed by atoms with Gasteiger partial charge in [-0.05, 0) is 41.7 Å². The maximum Gasteiger partial charge on any atom is 0.270 e. The molecular weight excluding hydrogens is 372 g/mol. The molecular formula is C22H21ClN4O. The minimum absolute atomic E-state index is 0.185. The minimum atomic E-state index is -0.185. The fraction of sp³-hybridized carbons (Fsp3) is 0.227. The molecule has 142 valence electrons. The van der Waals surface area contributed by atoms with Crippen molar-refractivity contribution in [3.05, 3.63) is 88.3 Å². The number of carbonyl (C=O) groups excluding carboxylic acids is 1. The van der Waals surface area contributed by atoms with Gasteiger partial charge in [0.1, 0.15) is 17.8 Å². The van der Waals surface area contributed by atoms with Crippen molar-refractivity contribution in [2.45, 2.75) is 19.4 Å². The van der Waals surface area contributed by atoms with Crippen molar-refractivity contribution in [1.82, 2.24) is 15.3 Å². The van der Waals surface area contributed by atoms with Gasteiger partial charge in [-0.25, -0.2) is 9.97 Å². The van der Waals surface area contributed by atoms with Crippen molar-refractivity contribution < 1.29 is 4.79 Å². The lowest BCUT2D eigenvalue weighted by Gasteiger charge is -2.29. The Balaban J connectivity index is 1.38. The van der Waals surface area contributed by atoms with Gasteiger partial charge in [0, 0.05) is 30.7 Å². The van der Waals surface area contributed by atoms with E-state index in [1.54, 1.807) is 6.07 Å². The average molecular weight is 393 g/mol. The van der Waals surface area contributed by atoms with Crippen LogP contribution < -0.4 is 10.2 Å². The zero-order chi connectivity index (χ0) is 19.3. The molecule has 0 radical (unpaired) electrons. The lowest BCUT2D eigenvalue weighted by molar-refractivity contribution is 0.0949. The number of nitrogens with one attached hydrogen (secondary N) is 1. The number of carbonyl (C=O) groups is 1. The van der Waals surface area contributed by atoms with Crippen LogP contribution in [-0.2, 0) is 19.4 Å². The summed E-state index contributed by atoms with van der Waals surface area (Å²) in [5.74, 6) is 0.599. The molecule has 0 atom stereocenters. The van der Waals surface area contributed by atoms with Gasteiger partial charge in [0.15, 0.2) is 0 Å². The predicted octanol–water partition coefficient (Wildman–Crippen LogP) is 3.67.